The van der Waals surface area contributed by atoms with Crippen LogP contribution in [0.2, 0.25) is 0 Å². The quantitative estimate of drug-likeness (QED) is 0.890. The van der Waals surface area contributed by atoms with Crippen molar-refractivity contribution in [2.24, 2.45) is 0 Å². The fourth-order valence-corrected chi connectivity index (χ4v) is 3.57. The number of carbonyl (C=O) groups is 1. The monoisotopic (exact) mass is 245 g/mol. The summed E-state index contributed by atoms with van der Waals surface area (Å²) in [7, 11) is 0. The van der Waals surface area contributed by atoms with Crippen molar-refractivity contribution in [1.29, 1.82) is 0 Å². The molecule has 0 saturated carbocycles. The van der Waals surface area contributed by atoms with Gasteiger partial charge in [-0.05, 0) is 43.4 Å². The van der Waals surface area contributed by atoms with E-state index in [1.807, 2.05) is 0 Å². The minimum absolute atomic E-state index is 0.235. The Hall–Kier alpha value is -1.35. The van der Waals surface area contributed by atoms with Gasteiger partial charge in [0.05, 0.1) is 6.42 Å². The van der Waals surface area contributed by atoms with E-state index in [-0.39, 0.29) is 6.04 Å². The van der Waals surface area contributed by atoms with Crippen molar-refractivity contribution in [2.75, 3.05) is 6.54 Å². The number of aliphatic carboxylic acids is 1. The van der Waals surface area contributed by atoms with Crippen LogP contribution in [0.1, 0.15) is 42.9 Å². The fraction of sp³-hybridized carbons (Fsp3) is 0.533. The Morgan fingerprint density at radius 1 is 1.33 bits per heavy atom. The molecule has 18 heavy (non-hydrogen) atoms. The third-order valence-electron chi connectivity index (χ3n) is 4.33. The second-order valence-corrected chi connectivity index (χ2v) is 5.39. The van der Waals surface area contributed by atoms with Gasteiger partial charge in [-0.3, -0.25) is 9.69 Å². The van der Waals surface area contributed by atoms with Crippen LogP contribution in [0, 0.1) is 0 Å². The molecule has 1 aromatic rings. The van der Waals surface area contributed by atoms with Gasteiger partial charge in [0.1, 0.15) is 0 Å². The first-order valence-electron chi connectivity index (χ1n) is 6.81. The van der Waals surface area contributed by atoms with E-state index >= 15 is 0 Å². The number of carboxylic acid groups (broad SMARTS) is 1. The van der Waals surface area contributed by atoms with Crippen molar-refractivity contribution in [3.8, 4) is 0 Å². The van der Waals surface area contributed by atoms with Crippen LogP contribution >= 0.6 is 0 Å². The van der Waals surface area contributed by atoms with Gasteiger partial charge in [0, 0.05) is 12.1 Å². The van der Waals surface area contributed by atoms with E-state index in [4.69, 9.17) is 5.11 Å². The molecule has 1 aromatic carbocycles. The Kier molecular flexibility index (Phi) is 3.08. The predicted octanol–water partition coefficient (Wildman–Crippen LogP) is 2.61. The minimum atomic E-state index is -0.668. The SMILES string of the molecule is O=C(O)CC1CCCN1C1CCc2ccccc21. The summed E-state index contributed by atoms with van der Waals surface area (Å²) >= 11 is 0. The standard InChI is InChI=1S/C15H19NO2/c17-15(18)10-12-5-3-9-16(12)14-8-7-11-4-1-2-6-13(11)14/h1-2,4,6,12,14H,3,5,7-10H2,(H,17,18). The second kappa shape index (κ2) is 4.73. The highest BCUT2D eigenvalue weighted by Crippen LogP contribution is 2.39. The smallest absolute Gasteiger partial charge is 0.304 e. The number of aryl methyl sites for hydroxylation is 1. The third kappa shape index (κ3) is 2.03. The Bertz CT molecular complexity index is 458. The number of hydrogen-bond donors (Lipinski definition) is 1. The fourth-order valence-electron chi connectivity index (χ4n) is 3.57. The highest BCUT2D eigenvalue weighted by Gasteiger charge is 2.35. The molecule has 0 aromatic heterocycles. The molecular weight excluding hydrogens is 226 g/mol. The van der Waals surface area contributed by atoms with Crippen LogP contribution in [0.15, 0.2) is 24.3 Å². The first-order valence-corrected chi connectivity index (χ1v) is 6.81. The van der Waals surface area contributed by atoms with E-state index in [0.717, 1.165) is 32.2 Å². The van der Waals surface area contributed by atoms with E-state index in [2.05, 4.69) is 29.2 Å². The molecule has 1 saturated heterocycles. The van der Waals surface area contributed by atoms with Gasteiger partial charge in [0.15, 0.2) is 0 Å². The van der Waals surface area contributed by atoms with Crippen LogP contribution in [-0.2, 0) is 11.2 Å². The van der Waals surface area contributed by atoms with Gasteiger partial charge in [0.2, 0.25) is 0 Å². The molecule has 2 aliphatic rings. The van der Waals surface area contributed by atoms with E-state index < -0.39 is 5.97 Å². The molecule has 1 heterocycles. The maximum atomic E-state index is 10.9. The van der Waals surface area contributed by atoms with Crippen LogP contribution in [0.4, 0.5) is 0 Å². The minimum Gasteiger partial charge on any atom is -0.481 e. The molecule has 1 N–H and O–H groups in total. The van der Waals surface area contributed by atoms with Gasteiger partial charge in [-0.1, -0.05) is 24.3 Å². The second-order valence-electron chi connectivity index (χ2n) is 5.39. The summed E-state index contributed by atoms with van der Waals surface area (Å²) in [5.74, 6) is -0.668. The van der Waals surface area contributed by atoms with Crippen molar-refractivity contribution >= 4 is 5.97 Å². The summed E-state index contributed by atoms with van der Waals surface area (Å²) in [4.78, 5) is 13.4. The van der Waals surface area contributed by atoms with Gasteiger partial charge in [-0.15, -0.1) is 0 Å². The molecule has 1 fully saturated rings. The van der Waals surface area contributed by atoms with Gasteiger partial charge in [0.25, 0.3) is 0 Å². The van der Waals surface area contributed by atoms with Gasteiger partial charge < -0.3 is 5.11 Å². The van der Waals surface area contributed by atoms with E-state index in [1.54, 1.807) is 0 Å². The number of rotatable bonds is 3. The molecule has 0 bridgehead atoms. The maximum absolute atomic E-state index is 10.9. The summed E-state index contributed by atoms with van der Waals surface area (Å²) in [5, 5.41) is 9.00. The summed E-state index contributed by atoms with van der Waals surface area (Å²) in [6, 6.07) is 9.30. The molecule has 3 nitrogen and oxygen atoms in total. The average Bonchev–Trinajstić information content (AvgIpc) is 2.94. The van der Waals surface area contributed by atoms with Gasteiger partial charge in [-0.25, -0.2) is 0 Å². The lowest BCUT2D eigenvalue weighted by Gasteiger charge is -2.30. The van der Waals surface area contributed by atoms with E-state index in [1.165, 1.54) is 11.1 Å². The highest BCUT2D eigenvalue weighted by molar-refractivity contribution is 5.67. The van der Waals surface area contributed by atoms with Crippen molar-refractivity contribution in [1.82, 2.24) is 4.90 Å². The highest BCUT2D eigenvalue weighted by atomic mass is 16.4. The zero-order chi connectivity index (χ0) is 12.5. The first-order chi connectivity index (χ1) is 8.75. The normalized spacial score (nSPS) is 27.3. The lowest BCUT2D eigenvalue weighted by atomic mass is 10.0. The zero-order valence-corrected chi connectivity index (χ0v) is 10.5. The Morgan fingerprint density at radius 3 is 3.00 bits per heavy atom. The number of likely N-dealkylation sites (tertiary alicyclic amines) is 1. The van der Waals surface area contributed by atoms with Crippen LogP contribution in [0.5, 0.6) is 0 Å². The summed E-state index contributed by atoms with van der Waals surface area (Å²) in [5.41, 5.74) is 2.87. The molecule has 0 spiro atoms. The van der Waals surface area contributed by atoms with Crippen molar-refractivity contribution in [3.05, 3.63) is 35.4 Å². The molecule has 3 heteroatoms. The van der Waals surface area contributed by atoms with Crippen LogP contribution in [0.3, 0.4) is 0 Å². The van der Waals surface area contributed by atoms with Crippen molar-refractivity contribution in [2.45, 2.75) is 44.2 Å². The predicted molar refractivity (Wildman–Crippen MR) is 69.5 cm³/mol. The van der Waals surface area contributed by atoms with Crippen LogP contribution in [-0.4, -0.2) is 28.6 Å². The van der Waals surface area contributed by atoms with Crippen LogP contribution < -0.4 is 0 Å². The molecule has 3 rings (SSSR count). The van der Waals surface area contributed by atoms with Crippen molar-refractivity contribution < 1.29 is 9.90 Å². The van der Waals surface area contributed by atoms with Gasteiger partial charge in [-0.2, -0.15) is 0 Å². The van der Waals surface area contributed by atoms with Crippen molar-refractivity contribution in [3.63, 3.8) is 0 Å². The molecular formula is C15H19NO2. The third-order valence-corrected chi connectivity index (χ3v) is 4.33. The van der Waals surface area contributed by atoms with E-state index in [0.29, 0.717) is 12.5 Å². The molecule has 0 radical (unpaired) electrons. The lowest BCUT2D eigenvalue weighted by Crippen LogP contribution is -2.34. The zero-order valence-electron chi connectivity index (χ0n) is 10.5. The number of hydrogen-bond acceptors (Lipinski definition) is 2. The Balaban J connectivity index is 1.81. The molecule has 96 valence electrons. The molecule has 1 aliphatic carbocycles. The average molecular weight is 245 g/mol. The Labute approximate surface area is 107 Å². The number of fused-ring (bicyclic) bond motifs is 1. The van der Waals surface area contributed by atoms with E-state index in [9.17, 15) is 4.79 Å². The number of benzene rings is 1. The molecule has 2 unspecified atom stereocenters. The molecule has 2 atom stereocenters. The topological polar surface area (TPSA) is 40.5 Å². The summed E-state index contributed by atoms with van der Waals surface area (Å²) in [6.07, 6.45) is 4.74. The first kappa shape index (κ1) is 11.7. The Morgan fingerprint density at radius 2 is 2.17 bits per heavy atom. The van der Waals surface area contributed by atoms with Crippen LogP contribution in [0.25, 0.3) is 0 Å². The largest absolute Gasteiger partial charge is 0.481 e. The number of nitrogens with zero attached hydrogens (tertiary/aromatic N) is 1. The molecule has 1 aliphatic heterocycles. The van der Waals surface area contributed by atoms with Gasteiger partial charge >= 0.3 is 5.97 Å². The lowest BCUT2D eigenvalue weighted by molar-refractivity contribution is -0.138. The number of carboxylic acids is 1. The summed E-state index contributed by atoms with van der Waals surface area (Å²) < 4.78 is 0. The summed E-state index contributed by atoms with van der Waals surface area (Å²) in [6.45, 7) is 1.05. The molecule has 0 amide bonds. The maximum Gasteiger partial charge on any atom is 0.304 e.